The molecular weight excluding hydrogens is 218 g/mol. The molecule has 1 aromatic rings. The third kappa shape index (κ3) is 4.07. The van der Waals surface area contributed by atoms with Crippen molar-refractivity contribution in [2.45, 2.75) is 20.0 Å². The first-order valence-corrected chi connectivity index (χ1v) is 5.80. The van der Waals surface area contributed by atoms with Crippen LogP contribution in [-0.2, 0) is 4.79 Å². The SMILES string of the molecule is CCN(CCO)C(=O)C(C)Oc1ccccc1. The smallest absolute Gasteiger partial charge is 0.263 e. The number of rotatable bonds is 6. The molecule has 0 bridgehead atoms. The first-order chi connectivity index (χ1) is 8.19. The number of hydrogen-bond donors (Lipinski definition) is 1. The molecule has 0 radical (unpaired) electrons. The Kier molecular flexibility index (Phi) is 5.49. The summed E-state index contributed by atoms with van der Waals surface area (Å²) >= 11 is 0. The average molecular weight is 237 g/mol. The molecule has 1 atom stereocenters. The van der Waals surface area contributed by atoms with Crippen LogP contribution in [0.3, 0.4) is 0 Å². The molecule has 4 nitrogen and oxygen atoms in total. The van der Waals surface area contributed by atoms with Crippen molar-refractivity contribution in [2.24, 2.45) is 0 Å². The number of aliphatic hydroxyl groups excluding tert-OH is 1. The summed E-state index contributed by atoms with van der Waals surface area (Å²) in [5.74, 6) is 0.568. The molecule has 94 valence electrons. The van der Waals surface area contributed by atoms with E-state index in [1.54, 1.807) is 11.8 Å². The molecule has 1 amide bonds. The Bertz CT molecular complexity index is 340. The van der Waals surface area contributed by atoms with Crippen LogP contribution in [0.1, 0.15) is 13.8 Å². The highest BCUT2D eigenvalue weighted by atomic mass is 16.5. The van der Waals surface area contributed by atoms with Crippen molar-refractivity contribution in [3.8, 4) is 5.75 Å². The lowest BCUT2D eigenvalue weighted by Crippen LogP contribution is -2.41. The second-order valence-electron chi connectivity index (χ2n) is 3.71. The van der Waals surface area contributed by atoms with Gasteiger partial charge in [-0.15, -0.1) is 0 Å². The summed E-state index contributed by atoms with van der Waals surface area (Å²) in [6.07, 6.45) is -0.538. The maximum atomic E-state index is 12.0. The minimum Gasteiger partial charge on any atom is -0.481 e. The van der Waals surface area contributed by atoms with Gasteiger partial charge in [0.25, 0.3) is 5.91 Å². The average Bonchev–Trinajstić information content (AvgIpc) is 2.36. The molecule has 1 aromatic carbocycles. The predicted octanol–water partition coefficient (Wildman–Crippen LogP) is 1.29. The van der Waals surface area contributed by atoms with Gasteiger partial charge in [-0.3, -0.25) is 4.79 Å². The Balaban J connectivity index is 2.57. The van der Waals surface area contributed by atoms with Crippen molar-refractivity contribution in [2.75, 3.05) is 19.7 Å². The lowest BCUT2D eigenvalue weighted by atomic mass is 10.3. The highest BCUT2D eigenvalue weighted by molar-refractivity contribution is 5.80. The molecule has 1 rings (SSSR count). The molecule has 4 heteroatoms. The van der Waals surface area contributed by atoms with Crippen molar-refractivity contribution in [3.63, 3.8) is 0 Å². The van der Waals surface area contributed by atoms with Gasteiger partial charge in [0.15, 0.2) is 6.10 Å². The maximum Gasteiger partial charge on any atom is 0.263 e. The van der Waals surface area contributed by atoms with E-state index in [1.807, 2.05) is 37.3 Å². The van der Waals surface area contributed by atoms with Crippen LogP contribution in [-0.4, -0.2) is 41.7 Å². The van der Waals surface area contributed by atoms with Crippen LogP contribution in [0, 0.1) is 0 Å². The van der Waals surface area contributed by atoms with Gasteiger partial charge < -0.3 is 14.7 Å². The second kappa shape index (κ2) is 6.91. The van der Waals surface area contributed by atoms with Crippen LogP contribution in [0.25, 0.3) is 0 Å². The van der Waals surface area contributed by atoms with Crippen LogP contribution in [0.2, 0.25) is 0 Å². The number of aliphatic hydroxyl groups is 1. The number of para-hydroxylation sites is 1. The lowest BCUT2D eigenvalue weighted by molar-refractivity contribution is -0.138. The Morgan fingerprint density at radius 1 is 1.41 bits per heavy atom. The van der Waals surface area contributed by atoms with Crippen molar-refractivity contribution in [1.29, 1.82) is 0 Å². The molecule has 0 aliphatic carbocycles. The molecule has 0 saturated carbocycles. The number of ether oxygens (including phenoxy) is 1. The standard InChI is InChI=1S/C13H19NO3/c1-3-14(9-10-15)13(16)11(2)17-12-7-5-4-6-8-12/h4-8,11,15H,3,9-10H2,1-2H3. The first-order valence-electron chi connectivity index (χ1n) is 5.80. The lowest BCUT2D eigenvalue weighted by Gasteiger charge is -2.24. The van der Waals surface area contributed by atoms with Crippen LogP contribution in [0.4, 0.5) is 0 Å². The zero-order valence-electron chi connectivity index (χ0n) is 10.3. The zero-order valence-corrected chi connectivity index (χ0v) is 10.3. The van der Waals surface area contributed by atoms with E-state index >= 15 is 0 Å². The topological polar surface area (TPSA) is 49.8 Å². The van der Waals surface area contributed by atoms with Gasteiger partial charge >= 0.3 is 0 Å². The molecule has 0 aliphatic rings. The normalized spacial score (nSPS) is 11.9. The van der Waals surface area contributed by atoms with Gasteiger partial charge in [-0.25, -0.2) is 0 Å². The van der Waals surface area contributed by atoms with Gasteiger partial charge in [-0.2, -0.15) is 0 Å². The number of hydrogen-bond acceptors (Lipinski definition) is 3. The quantitative estimate of drug-likeness (QED) is 0.811. The van der Waals surface area contributed by atoms with Crippen LogP contribution >= 0.6 is 0 Å². The number of carbonyl (C=O) groups excluding carboxylic acids is 1. The number of amides is 1. The number of likely N-dealkylation sites (N-methyl/N-ethyl adjacent to an activating group) is 1. The van der Waals surface area contributed by atoms with E-state index in [9.17, 15) is 4.79 Å². The molecule has 0 aliphatic heterocycles. The molecule has 0 fully saturated rings. The molecule has 17 heavy (non-hydrogen) atoms. The van der Waals surface area contributed by atoms with E-state index in [2.05, 4.69) is 0 Å². The van der Waals surface area contributed by atoms with Crippen molar-refractivity contribution < 1.29 is 14.6 Å². The highest BCUT2D eigenvalue weighted by Crippen LogP contribution is 2.11. The number of benzene rings is 1. The summed E-state index contributed by atoms with van der Waals surface area (Å²) in [5, 5.41) is 8.85. The molecule has 0 aromatic heterocycles. The maximum absolute atomic E-state index is 12.0. The Labute approximate surface area is 102 Å². The van der Waals surface area contributed by atoms with E-state index in [4.69, 9.17) is 9.84 Å². The van der Waals surface area contributed by atoms with E-state index in [0.29, 0.717) is 18.8 Å². The number of carbonyl (C=O) groups is 1. The van der Waals surface area contributed by atoms with E-state index in [-0.39, 0.29) is 12.5 Å². The fourth-order valence-corrected chi connectivity index (χ4v) is 1.56. The van der Waals surface area contributed by atoms with Gasteiger partial charge in [-0.05, 0) is 26.0 Å². The predicted molar refractivity (Wildman–Crippen MR) is 65.9 cm³/mol. The minimum absolute atomic E-state index is 0.0301. The number of nitrogens with zero attached hydrogens (tertiary/aromatic N) is 1. The summed E-state index contributed by atoms with van der Waals surface area (Å²) in [5.41, 5.74) is 0. The van der Waals surface area contributed by atoms with Crippen LogP contribution < -0.4 is 4.74 Å². The molecule has 0 spiro atoms. The summed E-state index contributed by atoms with van der Waals surface area (Å²) in [6, 6.07) is 9.23. The summed E-state index contributed by atoms with van der Waals surface area (Å²) in [7, 11) is 0. The van der Waals surface area contributed by atoms with E-state index in [1.165, 1.54) is 0 Å². The molecule has 1 N–H and O–H groups in total. The first kappa shape index (κ1) is 13.5. The van der Waals surface area contributed by atoms with Gasteiger partial charge in [0.05, 0.1) is 6.61 Å². The van der Waals surface area contributed by atoms with Crippen molar-refractivity contribution in [1.82, 2.24) is 4.90 Å². The van der Waals surface area contributed by atoms with E-state index in [0.717, 1.165) is 0 Å². The summed E-state index contributed by atoms with van der Waals surface area (Å²) in [6.45, 7) is 4.48. The van der Waals surface area contributed by atoms with E-state index < -0.39 is 6.10 Å². The van der Waals surface area contributed by atoms with Crippen molar-refractivity contribution in [3.05, 3.63) is 30.3 Å². The zero-order chi connectivity index (χ0) is 12.7. The fraction of sp³-hybridized carbons (Fsp3) is 0.462. The second-order valence-corrected chi connectivity index (χ2v) is 3.71. The Morgan fingerprint density at radius 2 is 2.06 bits per heavy atom. The molecule has 1 unspecified atom stereocenters. The van der Waals surface area contributed by atoms with Crippen LogP contribution in [0.15, 0.2) is 30.3 Å². The van der Waals surface area contributed by atoms with Crippen LogP contribution in [0.5, 0.6) is 5.75 Å². The van der Waals surface area contributed by atoms with Gasteiger partial charge in [-0.1, -0.05) is 18.2 Å². The third-order valence-electron chi connectivity index (χ3n) is 2.47. The monoisotopic (exact) mass is 237 g/mol. The molecule has 0 saturated heterocycles. The van der Waals surface area contributed by atoms with Gasteiger partial charge in [0.1, 0.15) is 5.75 Å². The largest absolute Gasteiger partial charge is 0.481 e. The van der Waals surface area contributed by atoms with Crippen molar-refractivity contribution >= 4 is 5.91 Å². The summed E-state index contributed by atoms with van der Waals surface area (Å²) < 4.78 is 5.53. The Hall–Kier alpha value is -1.55. The molecule has 0 heterocycles. The fourth-order valence-electron chi connectivity index (χ4n) is 1.56. The highest BCUT2D eigenvalue weighted by Gasteiger charge is 2.20. The minimum atomic E-state index is -0.538. The Morgan fingerprint density at radius 3 is 2.59 bits per heavy atom. The summed E-state index contributed by atoms with van der Waals surface area (Å²) in [4.78, 5) is 13.5. The van der Waals surface area contributed by atoms with Gasteiger partial charge in [0, 0.05) is 13.1 Å². The third-order valence-corrected chi connectivity index (χ3v) is 2.47. The molecular formula is C13H19NO3. The van der Waals surface area contributed by atoms with Gasteiger partial charge in [0.2, 0.25) is 0 Å².